The third-order valence-electron chi connectivity index (χ3n) is 2.73. The zero-order chi connectivity index (χ0) is 12.2. The molecule has 1 atom stereocenters. The Morgan fingerprint density at radius 2 is 2.12 bits per heavy atom. The summed E-state index contributed by atoms with van der Waals surface area (Å²) in [7, 11) is 0. The second kappa shape index (κ2) is 5.27. The van der Waals surface area contributed by atoms with Crippen LogP contribution in [0.2, 0.25) is 0 Å². The minimum Gasteiger partial charge on any atom is -0.369 e. The van der Waals surface area contributed by atoms with Crippen molar-refractivity contribution in [2.75, 3.05) is 26.2 Å². The number of primary amides is 1. The molecule has 0 spiro atoms. The highest BCUT2D eigenvalue weighted by Crippen LogP contribution is 2.11. The maximum Gasteiger partial charge on any atom is 0.238 e. The highest BCUT2D eigenvalue weighted by Gasteiger charge is 2.27. The highest BCUT2D eigenvalue weighted by atomic mass is 16.2. The molecule has 1 aliphatic heterocycles. The molecule has 0 saturated carbocycles. The number of hydrogen-bond acceptors (Lipinski definition) is 4. The van der Waals surface area contributed by atoms with Crippen LogP contribution in [0.15, 0.2) is 0 Å². The molecule has 1 heterocycles. The number of piperazine rings is 1. The molecule has 5 N–H and O–H groups in total. The Hall–Kier alpha value is -1.14. The zero-order valence-corrected chi connectivity index (χ0v) is 9.80. The number of rotatable bonds is 4. The molecular formula is C10H20N4O2. The number of nitrogens with one attached hydrogen (secondary N) is 3. The molecule has 0 aromatic rings. The number of carbonyl (C=O) groups is 2. The van der Waals surface area contributed by atoms with Gasteiger partial charge in [0, 0.05) is 26.2 Å². The summed E-state index contributed by atoms with van der Waals surface area (Å²) >= 11 is 0. The number of hydrogen-bond donors (Lipinski definition) is 4. The van der Waals surface area contributed by atoms with E-state index < -0.39 is 11.3 Å². The molecule has 92 valence electrons. The lowest BCUT2D eigenvalue weighted by Crippen LogP contribution is -2.57. The van der Waals surface area contributed by atoms with Crippen molar-refractivity contribution < 1.29 is 9.59 Å². The standard InChI is InChI=1S/C10H20N4O2/c1-10(2,9(11)16)6-14-8(15)7-5-12-3-4-13-7/h7,12-13H,3-6H2,1-2H3,(H2,11,16)(H,14,15). The van der Waals surface area contributed by atoms with Gasteiger partial charge in [0.1, 0.15) is 0 Å². The van der Waals surface area contributed by atoms with E-state index in [1.807, 2.05) is 0 Å². The molecule has 16 heavy (non-hydrogen) atoms. The van der Waals surface area contributed by atoms with Gasteiger partial charge in [-0.2, -0.15) is 0 Å². The minimum absolute atomic E-state index is 0.0958. The van der Waals surface area contributed by atoms with Gasteiger partial charge in [-0.25, -0.2) is 0 Å². The van der Waals surface area contributed by atoms with Crippen molar-refractivity contribution in [3.8, 4) is 0 Å². The monoisotopic (exact) mass is 228 g/mol. The van der Waals surface area contributed by atoms with Crippen molar-refractivity contribution in [3.63, 3.8) is 0 Å². The lowest BCUT2D eigenvalue weighted by molar-refractivity contribution is -0.127. The van der Waals surface area contributed by atoms with Gasteiger partial charge in [0.2, 0.25) is 11.8 Å². The molecule has 1 aliphatic rings. The van der Waals surface area contributed by atoms with E-state index in [1.54, 1.807) is 13.8 Å². The van der Waals surface area contributed by atoms with E-state index in [0.717, 1.165) is 13.1 Å². The van der Waals surface area contributed by atoms with Crippen LogP contribution >= 0.6 is 0 Å². The Morgan fingerprint density at radius 1 is 1.44 bits per heavy atom. The Morgan fingerprint density at radius 3 is 2.62 bits per heavy atom. The lowest BCUT2D eigenvalue weighted by Gasteiger charge is -2.26. The van der Waals surface area contributed by atoms with Crippen LogP contribution < -0.4 is 21.7 Å². The summed E-state index contributed by atoms with van der Waals surface area (Å²) in [5, 5.41) is 8.95. The average molecular weight is 228 g/mol. The third-order valence-corrected chi connectivity index (χ3v) is 2.73. The van der Waals surface area contributed by atoms with Crippen molar-refractivity contribution in [1.82, 2.24) is 16.0 Å². The van der Waals surface area contributed by atoms with Crippen LogP contribution in [0.1, 0.15) is 13.8 Å². The summed E-state index contributed by atoms with van der Waals surface area (Å²) in [6.07, 6.45) is 0. The van der Waals surface area contributed by atoms with Gasteiger partial charge in [-0.15, -0.1) is 0 Å². The molecule has 0 radical (unpaired) electrons. The smallest absolute Gasteiger partial charge is 0.238 e. The maximum absolute atomic E-state index is 11.7. The topological polar surface area (TPSA) is 96.2 Å². The Kier molecular flexibility index (Phi) is 4.26. The molecule has 2 amide bonds. The fourth-order valence-corrected chi connectivity index (χ4v) is 1.36. The first-order valence-electron chi connectivity index (χ1n) is 5.45. The number of carbonyl (C=O) groups excluding carboxylic acids is 2. The number of amides is 2. The Labute approximate surface area is 95.3 Å². The van der Waals surface area contributed by atoms with E-state index in [9.17, 15) is 9.59 Å². The van der Waals surface area contributed by atoms with Crippen LogP contribution in [-0.4, -0.2) is 44.0 Å². The molecule has 0 aliphatic carbocycles. The van der Waals surface area contributed by atoms with Gasteiger partial charge < -0.3 is 21.7 Å². The fraction of sp³-hybridized carbons (Fsp3) is 0.800. The van der Waals surface area contributed by atoms with Crippen molar-refractivity contribution in [2.45, 2.75) is 19.9 Å². The molecule has 1 fully saturated rings. The van der Waals surface area contributed by atoms with Gasteiger partial charge in [-0.3, -0.25) is 9.59 Å². The highest BCUT2D eigenvalue weighted by molar-refractivity contribution is 5.84. The second-order valence-corrected chi connectivity index (χ2v) is 4.68. The van der Waals surface area contributed by atoms with Gasteiger partial charge in [0.05, 0.1) is 11.5 Å². The van der Waals surface area contributed by atoms with E-state index >= 15 is 0 Å². The zero-order valence-electron chi connectivity index (χ0n) is 9.80. The summed E-state index contributed by atoms with van der Waals surface area (Å²) in [6, 6.07) is -0.225. The van der Waals surface area contributed by atoms with Gasteiger partial charge in [-0.1, -0.05) is 0 Å². The van der Waals surface area contributed by atoms with Gasteiger partial charge in [0.25, 0.3) is 0 Å². The predicted molar refractivity (Wildman–Crippen MR) is 60.6 cm³/mol. The molecule has 0 aromatic carbocycles. The lowest BCUT2D eigenvalue weighted by atomic mass is 9.92. The first-order valence-corrected chi connectivity index (χ1v) is 5.45. The van der Waals surface area contributed by atoms with Gasteiger partial charge in [0.15, 0.2) is 0 Å². The second-order valence-electron chi connectivity index (χ2n) is 4.68. The third kappa shape index (κ3) is 3.46. The van der Waals surface area contributed by atoms with Crippen LogP contribution in [0.25, 0.3) is 0 Å². The maximum atomic E-state index is 11.7. The molecule has 1 unspecified atom stereocenters. The largest absolute Gasteiger partial charge is 0.369 e. The van der Waals surface area contributed by atoms with Crippen molar-refractivity contribution in [3.05, 3.63) is 0 Å². The molecule has 6 nitrogen and oxygen atoms in total. The van der Waals surface area contributed by atoms with Crippen LogP contribution in [0.4, 0.5) is 0 Å². The van der Waals surface area contributed by atoms with E-state index in [2.05, 4.69) is 16.0 Å². The molecular weight excluding hydrogens is 208 g/mol. The van der Waals surface area contributed by atoms with Crippen molar-refractivity contribution in [2.24, 2.45) is 11.1 Å². The molecule has 0 bridgehead atoms. The van der Waals surface area contributed by atoms with Crippen LogP contribution in [0.5, 0.6) is 0 Å². The predicted octanol–water partition coefficient (Wildman–Crippen LogP) is -1.82. The SMILES string of the molecule is CC(C)(CNC(=O)C1CNCCN1)C(N)=O. The van der Waals surface area contributed by atoms with Crippen LogP contribution in [0.3, 0.4) is 0 Å². The summed E-state index contributed by atoms with van der Waals surface area (Å²) in [5.41, 5.74) is 4.51. The quantitative estimate of drug-likeness (QED) is 0.455. The van der Waals surface area contributed by atoms with Crippen LogP contribution in [0, 0.1) is 5.41 Å². The van der Waals surface area contributed by atoms with Gasteiger partial charge in [-0.05, 0) is 13.8 Å². The normalized spacial score (nSPS) is 21.5. The van der Waals surface area contributed by atoms with E-state index in [4.69, 9.17) is 5.73 Å². The fourth-order valence-electron chi connectivity index (χ4n) is 1.36. The van der Waals surface area contributed by atoms with Crippen molar-refractivity contribution >= 4 is 11.8 Å². The van der Waals surface area contributed by atoms with E-state index in [1.165, 1.54) is 0 Å². The minimum atomic E-state index is -0.711. The first-order chi connectivity index (χ1) is 7.43. The molecule has 0 aromatic heterocycles. The van der Waals surface area contributed by atoms with Crippen LogP contribution in [-0.2, 0) is 9.59 Å². The van der Waals surface area contributed by atoms with E-state index in [-0.39, 0.29) is 18.5 Å². The Bertz CT molecular complexity index is 272. The summed E-state index contributed by atoms with van der Waals surface area (Å²) < 4.78 is 0. The Balaban J connectivity index is 2.37. The number of nitrogens with two attached hydrogens (primary N) is 1. The molecule has 1 rings (SSSR count). The first kappa shape index (κ1) is 12.9. The molecule has 1 saturated heterocycles. The summed E-state index contributed by atoms with van der Waals surface area (Å²) in [6.45, 7) is 5.94. The van der Waals surface area contributed by atoms with E-state index in [0.29, 0.717) is 6.54 Å². The molecule has 6 heteroatoms. The average Bonchev–Trinajstić information content (AvgIpc) is 2.27. The summed E-state index contributed by atoms with van der Waals surface area (Å²) in [4.78, 5) is 22.8. The van der Waals surface area contributed by atoms with Gasteiger partial charge >= 0.3 is 0 Å². The van der Waals surface area contributed by atoms with Crippen molar-refractivity contribution in [1.29, 1.82) is 0 Å². The summed E-state index contributed by atoms with van der Waals surface area (Å²) in [5.74, 6) is -0.510.